The maximum absolute atomic E-state index is 12.2. The molecule has 0 aromatic carbocycles. The van der Waals surface area contributed by atoms with E-state index in [1.807, 2.05) is 0 Å². The summed E-state index contributed by atoms with van der Waals surface area (Å²) >= 11 is 3.78. The topological polar surface area (TPSA) is 208 Å². The average Bonchev–Trinajstić information content (AvgIpc) is 2.59. The van der Waals surface area contributed by atoms with Crippen LogP contribution in [0, 0.1) is 0 Å². The molecule has 3 unspecified atom stereocenters. The normalized spacial score (nSPS) is 13.8. The van der Waals surface area contributed by atoms with E-state index in [1.54, 1.807) is 0 Å². The summed E-state index contributed by atoms with van der Waals surface area (Å²) in [5.74, 6) is -5.46. The minimum absolute atomic E-state index is 0.230. The average molecular weight is 394 g/mol. The highest BCUT2D eigenvalue weighted by molar-refractivity contribution is 7.80. The second kappa shape index (κ2) is 12.1. The number of aliphatic hydroxyl groups excluding tert-OH is 1. The summed E-state index contributed by atoms with van der Waals surface area (Å²) in [6.07, 6.45) is -0.829. The predicted molar refractivity (Wildman–Crippen MR) is 90.3 cm³/mol. The maximum atomic E-state index is 12.2. The molecule has 0 aromatic heterocycles. The molecule has 12 nitrogen and oxygen atoms in total. The molecule has 0 fully saturated rings. The van der Waals surface area contributed by atoms with E-state index in [4.69, 9.17) is 21.1 Å². The van der Waals surface area contributed by atoms with Gasteiger partial charge in [0.05, 0.1) is 13.2 Å². The van der Waals surface area contributed by atoms with Crippen molar-refractivity contribution in [3.8, 4) is 0 Å². The van der Waals surface area contributed by atoms with Gasteiger partial charge >= 0.3 is 11.9 Å². The van der Waals surface area contributed by atoms with Gasteiger partial charge in [0.15, 0.2) is 0 Å². The van der Waals surface area contributed by atoms with E-state index < -0.39 is 67.4 Å². The fourth-order valence-corrected chi connectivity index (χ4v) is 1.96. The first kappa shape index (κ1) is 23.6. The first-order chi connectivity index (χ1) is 12.2. The first-order valence-electron chi connectivity index (χ1n) is 7.42. The van der Waals surface area contributed by atoms with E-state index >= 15 is 0 Å². The molecule has 0 rings (SSSR count). The van der Waals surface area contributed by atoms with Crippen LogP contribution < -0.4 is 21.7 Å². The van der Waals surface area contributed by atoms with Crippen LogP contribution in [0.15, 0.2) is 0 Å². The lowest BCUT2D eigenvalue weighted by molar-refractivity contribution is -0.142. The Morgan fingerprint density at radius 1 is 0.923 bits per heavy atom. The Bertz CT molecular complexity index is 544. The summed E-state index contributed by atoms with van der Waals surface area (Å²) in [6, 6.07) is -4.16. The molecule has 13 heteroatoms. The molecule has 0 heterocycles. The van der Waals surface area contributed by atoms with Crippen molar-refractivity contribution < 1.29 is 39.3 Å². The third-order valence-corrected chi connectivity index (χ3v) is 3.46. The van der Waals surface area contributed by atoms with E-state index in [-0.39, 0.29) is 12.2 Å². The van der Waals surface area contributed by atoms with Gasteiger partial charge < -0.3 is 37.0 Å². The largest absolute Gasteiger partial charge is 0.481 e. The predicted octanol–water partition coefficient (Wildman–Crippen LogP) is -3.73. The number of hydrogen-bond acceptors (Lipinski definition) is 8. The SMILES string of the molecule is NCC(=O)NC(CO)C(=O)NC(CCC(=O)O)C(=O)NC(CS)C(=O)O. The van der Waals surface area contributed by atoms with Crippen LogP contribution in [-0.4, -0.2) is 82.0 Å². The van der Waals surface area contributed by atoms with Crippen molar-refractivity contribution in [1.82, 2.24) is 16.0 Å². The van der Waals surface area contributed by atoms with Gasteiger partial charge in [-0.15, -0.1) is 0 Å². The Morgan fingerprint density at radius 3 is 1.88 bits per heavy atom. The first-order valence-corrected chi connectivity index (χ1v) is 8.05. The van der Waals surface area contributed by atoms with Crippen LogP contribution in [0.5, 0.6) is 0 Å². The molecule has 0 aromatic rings. The van der Waals surface area contributed by atoms with Crippen molar-refractivity contribution in [1.29, 1.82) is 0 Å². The van der Waals surface area contributed by atoms with E-state index in [0.29, 0.717) is 0 Å². The summed E-state index contributed by atoms with van der Waals surface area (Å²) in [5, 5.41) is 33.2. The number of amides is 3. The highest BCUT2D eigenvalue weighted by Crippen LogP contribution is 2.01. The molecule has 0 aliphatic rings. The van der Waals surface area contributed by atoms with Gasteiger partial charge in [-0.2, -0.15) is 12.6 Å². The van der Waals surface area contributed by atoms with Gasteiger partial charge in [-0.3, -0.25) is 19.2 Å². The quantitative estimate of drug-likeness (QED) is 0.153. The molecule has 0 spiro atoms. The van der Waals surface area contributed by atoms with Gasteiger partial charge in [-0.05, 0) is 6.42 Å². The van der Waals surface area contributed by atoms with Crippen LogP contribution in [-0.2, 0) is 24.0 Å². The Balaban J connectivity index is 5.13. The molecule has 0 radical (unpaired) electrons. The zero-order chi connectivity index (χ0) is 20.3. The van der Waals surface area contributed by atoms with Crippen molar-refractivity contribution in [2.45, 2.75) is 31.0 Å². The van der Waals surface area contributed by atoms with Crippen LogP contribution in [0.3, 0.4) is 0 Å². The van der Waals surface area contributed by atoms with Crippen LogP contribution in [0.1, 0.15) is 12.8 Å². The molecule has 0 aliphatic carbocycles. The molecular formula is C13H22N4O8S. The Kier molecular flexibility index (Phi) is 10.9. The summed E-state index contributed by atoms with van der Waals surface area (Å²) < 4.78 is 0. The minimum Gasteiger partial charge on any atom is -0.481 e. The highest BCUT2D eigenvalue weighted by atomic mass is 32.1. The molecule has 148 valence electrons. The van der Waals surface area contributed by atoms with E-state index in [0.717, 1.165) is 0 Å². The Labute approximate surface area is 153 Å². The molecular weight excluding hydrogens is 372 g/mol. The molecule has 3 amide bonds. The van der Waals surface area contributed by atoms with Gasteiger partial charge in [-0.25, -0.2) is 4.79 Å². The number of thiol groups is 1. The zero-order valence-corrected chi connectivity index (χ0v) is 14.6. The van der Waals surface area contributed by atoms with Crippen molar-refractivity contribution in [2.75, 3.05) is 18.9 Å². The van der Waals surface area contributed by atoms with E-state index in [2.05, 4.69) is 28.6 Å². The summed E-state index contributed by atoms with van der Waals surface area (Å²) in [7, 11) is 0. The number of carboxylic acid groups (broad SMARTS) is 2. The lowest BCUT2D eigenvalue weighted by atomic mass is 10.1. The fourth-order valence-electron chi connectivity index (χ4n) is 1.71. The fraction of sp³-hybridized carbons (Fsp3) is 0.615. The summed E-state index contributed by atoms with van der Waals surface area (Å²) in [4.78, 5) is 57.1. The molecule has 26 heavy (non-hydrogen) atoms. The second-order valence-corrected chi connectivity index (χ2v) is 5.45. The van der Waals surface area contributed by atoms with E-state index in [1.165, 1.54) is 0 Å². The third-order valence-electron chi connectivity index (χ3n) is 3.10. The van der Waals surface area contributed by atoms with Crippen molar-refractivity contribution >= 4 is 42.3 Å². The number of aliphatic hydroxyl groups is 1. The van der Waals surface area contributed by atoms with Gasteiger partial charge in [0.2, 0.25) is 17.7 Å². The summed E-state index contributed by atoms with van der Waals surface area (Å²) in [5.41, 5.74) is 5.09. The summed E-state index contributed by atoms with van der Waals surface area (Å²) in [6.45, 7) is -1.23. The molecule has 0 saturated heterocycles. The van der Waals surface area contributed by atoms with Crippen molar-refractivity contribution in [2.24, 2.45) is 5.73 Å². The van der Waals surface area contributed by atoms with E-state index in [9.17, 15) is 24.0 Å². The van der Waals surface area contributed by atoms with Gasteiger partial charge in [-0.1, -0.05) is 0 Å². The number of nitrogens with two attached hydrogens (primary N) is 1. The van der Waals surface area contributed by atoms with Gasteiger partial charge in [0.1, 0.15) is 18.1 Å². The van der Waals surface area contributed by atoms with Crippen molar-refractivity contribution in [3.63, 3.8) is 0 Å². The van der Waals surface area contributed by atoms with Crippen LogP contribution >= 0.6 is 12.6 Å². The smallest absolute Gasteiger partial charge is 0.327 e. The molecule has 3 atom stereocenters. The lowest BCUT2D eigenvalue weighted by Gasteiger charge is -2.23. The second-order valence-electron chi connectivity index (χ2n) is 5.08. The number of carbonyl (C=O) groups is 5. The monoisotopic (exact) mass is 394 g/mol. The van der Waals surface area contributed by atoms with Crippen molar-refractivity contribution in [3.05, 3.63) is 0 Å². The molecule has 0 bridgehead atoms. The molecule has 0 aliphatic heterocycles. The number of hydrogen-bond donors (Lipinski definition) is 8. The maximum Gasteiger partial charge on any atom is 0.327 e. The van der Waals surface area contributed by atoms with Crippen LogP contribution in [0.25, 0.3) is 0 Å². The Morgan fingerprint density at radius 2 is 1.46 bits per heavy atom. The standard InChI is InChI=1S/C13H22N4O8S/c14-3-9(19)15-7(4-18)12(23)16-6(1-2-10(20)21)11(22)17-8(5-26)13(24)25/h6-8,18,26H,1-5,14H2,(H,15,19)(H,16,23)(H,17,22)(H,20,21)(H,24,25). The molecule has 8 N–H and O–H groups in total. The highest BCUT2D eigenvalue weighted by Gasteiger charge is 2.29. The lowest BCUT2D eigenvalue weighted by Crippen LogP contribution is -2.57. The molecule has 0 saturated carbocycles. The Hall–Kier alpha value is -2.38. The third kappa shape index (κ3) is 8.64. The number of rotatable bonds is 12. The zero-order valence-electron chi connectivity index (χ0n) is 13.7. The number of aliphatic carboxylic acids is 2. The number of carboxylic acids is 2. The van der Waals surface area contributed by atoms with Crippen LogP contribution in [0.4, 0.5) is 0 Å². The van der Waals surface area contributed by atoms with Gasteiger partial charge in [0.25, 0.3) is 0 Å². The van der Waals surface area contributed by atoms with Gasteiger partial charge in [0, 0.05) is 12.2 Å². The number of nitrogens with one attached hydrogen (secondary N) is 3. The minimum atomic E-state index is -1.41. The number of carbonyl (C=O) groups excluding carboxylic acids is 3. The van der Waals surface area contributed by atoms with Crippen LogP contribution in [0.2, 0.25) is 0 Å².